The number of morpholine rings is 1. The maximum Gasteiger partial charge on any atom is 0.280 e. The second kappa shape index (κ2) is 10.2. The number of fused-ring (bicyclic) bond motifs is 1. The van der Waals surface area contributed by atoms with E-state index < -0.39 is 0 Å². The van der Waals surface area contributed by atoms with E-state index in [0.29, 0.717) is 24.0 Å². The highest BCUT2D eigenvalue weighted by molar-refractivity contribution is 7.22. The minimum absolute atomic E-state index is 0. The summed E-state index contributed by atoms with van der Waals surface area (Å²) in [7, 11) is 1.81. The second-order valence-corrected chi connectivity index (χ2v) is 7.85. The molecule has 0 N–H and O–H groups in total. The van der Waals surface area contributed by atoms with Crippen molar-refractivity contribution in [3.63, 3.8) is 0 Å². The Bertz CT molecular complexity index is 986. The predicted octanol–water partition coefficient (Wildman–Crippen LogP) is 2.83. The number of nitrogens with zero attached hydrogens (tertiary/aromatic N) is 5. The summed E-state index contributed by atoms with van der Waals surface area (Å²) in [5, 5.41) is 4.97. The van der Waals surface area contributed by atoms with E-state index in [-0.39, 0.29) is 18.3 Å². The maximum absolute atomic E-state index is 13.2. The number of halogens is 1. The van der Waals surface area contributed by atoms with Gasteiger partial charge >= 0.3 is 0 Å². The normalized spacial score (nSPS) is 14.5. The highest BCUT2D eigenvalue weighted by atomic mass is 35.5. The summed E-state index contributed by atoms with van der Waals surface area (Å²) in [6.45, 7) is 7.11. The number of aromatic nitrogens is 3. The lowest BCUT2D eigenvalue weighted by Gasteiger charge is -2.29. The van der Waals surface area contributed by atoms with Crippen molar-refractivity contribution in [2.45, 2.75) is 6.92 Å². The molecule has 3 aromatic rings. The van der Waals surface area contributed by atoms with Crippen molar-refractivity contribution in [1.29, 1.82) is 0 Å². The first-order chi connectivity index (χ1) is 14.1. The molecule has 0 saturated carbocycles. The van der Waals surface area contributed by atoms with Crippen molar-refractivity contribution in [2.75, 3.05) is 50.9 Å². The summed E-state index contributed by atoms with van der Waals surface area (Å²) < 4.78 is 13.7. The third kappa shape index (κ3) is 5.10. The number of amides is 1. The Morgan fingerprint density at radius 3 is 2.80 bits per heavy atom. The average molecular weight is 452 g/mol. The molecular weight excluding hydrogens is 426 g/mol. The topological polar surface area (TPSA) is 72.7 Å². The van der Waals surface area contributed by atoms with E-state index in [1.54, 1.807) is 21.8 Å². The molecule has 0 atom stereocenters. The summed E-state index contributed by atoms with van der Waals surface area (Å²) in [5.74, 6) is 0.675. The number of aryl methyl sites for hydroxylation is 1. The first-order valence-corrected chi connectivity index (χ1v) is 10.6. The van der Waals surface area contributed by atoms with Gasteiger partial charge in [-0.05, 0) is 31.2 Å². The van der Waals surface area contributed by atoms with Crippen LogP contribution < -0.4 is 9.64 Å². The summed E-state index contributed by atoms with van der Waals surface area (Å²) >= 11 is 1.50. The van der Waals surface area contributed by atoms with E-state index >= 15 is 0 Å². The van der Waals surface area contributed by atoms with Crippen LogP contribution in [-0.4, -0.2) is 71.6 Å². The molecule has 1 fully saturated rings. The molecule has 0 aliphatic carbocycles. The molecule has 1 amide bonds. The number of carbonyl (C=O) groups is 1. The number of hydrogen-bond donors (Lipinski definition) is 0. The number of thiazole rings is 1. The molecule has 10 heteroatoms. The number of hydrogen-bond acceptors (Lipinski definition) is 7. The lowest BCUT2D eigenvalue weighted by atomic mass is 10.3. The van der Waals surface area contributed by atoms with E-state index in [0.717, 1.165) is 48.8 Å². The molecule has 4 rings (SSSR count). The highest BCUT2D eigenvalue weighted by Crippen LogP contribution is 2.32. The van der Waals surface area contributed by atoms with Crippen LogP contribution >= 0.6 is 23.7 Å². The summed E-state index contributed by atoms with van der Waals surface area (Å²) in [6.07, 6.45) is 1.78. The van der Waals surface area contributed by atoms with Crippen molar-refractivity contribution in [2.24, 2.45) is 7.05 Å². The molecule has 1 aliphatic rings. The molecule has 0 spiro atoms. The van der Waals surface area contributed by atoms with Gasteiger partial charge in [0, 0.05) is 39.4 Å². The standard InChI is InChI=1S/C20H25N5O3S.ClH/c1-3-28-15-4-5-16-18(14-15)29-20(21-16)25(9-8-24-10-12-27-13-11-24)19(26)17-6-7-23(2)22-17;/h4-7,14H,3,8-13H2,1-2H3;1H. The monoisotopic (exact) mass is 451 g/mol. The van der Waals surface area contributed by atoms with Gasteiger partial charge in [0.2, 0.25) is 0 Å². The Labute approximate surface area is 185 Å². The van der Waals surface area contributed by atoms with Crippen LogP contribution in [0.5, 0.6) is 5.75 Å². The van der Waals surface area contributed by atoms with Gasteiger partial charge in [0.1, 0.15) is 5.75 Å². The molecular formula is C20H26ClN5O3S. The summed E-state index contributed by atoms with van der Waals surface area (Å²) in [4.78, 5) is 22.0. The number of ether oxygens (including phenoxy) is 2. The van der Waals surface area contributed by atoms with Gasteiger partial charge in [0.05, 0.1) is 30.0 Å². The van der Waals surface area contributed by atoms with Crippen LogP contribution in [0.25, 0.3) is 10.2 Å². The van der Waals surface area contributed by atoms with Gasteiger partial charge in [0.15, 0.2) is 10.8 Å². The largest absolute Gasteiger partial charge is 0.494 e. The van der Waals surface area contributed by atoms with Crippen LogP contribution in [0, 0.1) is 0 Å². The van der Waals surface area contributed by atoms with Crippen LogP contribution in [0.3, 0.4) is 0 Å². The Morgan fingerprint density at radius 2 is 2.10 bits per heavy atom. The van der Waals surface area contributed by atoms with Gasteiger partial charge in [0.25, 0.3) is 5.91 Å². The van der Waals surface area contributed by atoms with E-state index in [9.17, 15) is 4.79 Å². The number of benzene rings is 1. The van der Waals surface area contributed by atoms with E-state index in [2.05, 4.69) is 10.00 Å². The van der Waals surface area contributed by atoms with E-state index in [1.807, 2.05) is 32.2 Å². The molecule has 0 bridgehead atoms. The fourth-order valence-electron chi connectivity index (χ4n) is 3.28. The SMILES string of the molecule is CCOc1ccc2nc(N(CCN3CCOCC3)C(=O)c3ccn(C)n3)sc2c1.Cl. The van der Waals surface area contributed by atoms with Gasteiger partial charge < -0.3 is 9.47 Å². The molecule has 0 unspecified atom stereocenters. The number of anilines is 1. The molecule has 162 valence electrons. The van der Waals surface area contributed by atoms with Gasteiger partial charge in [-0.2, -0.15) is 5.10 Å². The maximum atomic E-state index is 13.2. The predicted molar refractivity (Wildman–Crippen MR) is 120 cm³/mol. The van der Waals surface area contributed by atoms with Crippen LogP contribution in [0.1, 0.15) is 17.4 Å². The highest BCUT2D eigenvalue weighted by Gasteiger charge is 2.24. The fourth-order valence-corrected chi connectivity index (χ4v) is 4.30. The zero-order chi connectivity index (χ0) is 20.2. The van der Waals surface area contributed by atoms with Crippen molar-refractivity contribution < 1.29 is 14.3 Å². The Hall–Kier alpha value is -2.20. The Morgan fingerprint density at radius 1 is 1.30 bits per heavy atom. The average Bonchev–Trinajstić information content (AvgIpc) is 3.35. The zero-order valence-electron chi connectivity index (χ0n) is 17.1. The van der Waals surface area contributed by atoms with Gasteiger partial charge in [-0.3, -0.25) is 19.3 Å². The molecule has 1 aromatic carbocycles. The molecule has 3 heterocycles. The van der Waals surface area contributed by atoms with Crippen molar-refractivity contribution >= 4 is 45.0 Å². The third-order valence-electron chi connectivity index (χ3n) is 4.81. The first kappa shape index (κ1) is 22.5. The molecule has 0 radical (unpaired) electrons. The number of carbonyl (C=O) groups excluding carboxylic acids is 1. The zero-order valence-corrected chi connectivity index (χ0v) is 18.7. The summed E-state index contributed by atoms with van der Waals surface area (Å²) in [5.41, 5.74) is 1.28. The van der Waals surface area contributed by atoms with Crippen molar-refractivity contribution in [1.82, 2.24) is 19.7 Å². The quantitative estimate of drug-likeness (QED) is 0.550. The van der Waals surface area contributed by atoms with Crippen molar-refractivity contribution in [3.8, 4) is 5.75 Å². The van der Waals surface area contributed by atoms with Gasteiger partial charge in [-0.1, -0.05) is 11.3 Å². The first-order valence-electron chi connectivity index (χ1n) is 9.79. The van der Waals surface area contributed by atoms with Crippen LogP contribution in [0.15, 0.2) is 30.5 Å². The number of rotatable bonds is 7. The minimum atomic E-state index is -0.136. The van der Waals surface area contributed by atoms with Gasteiger partial charge in [-0.15, -0.1) is 12.4 Å². The van der Waals surface area contributed by atoms with E-state index in [4.69, 9.17) is 14.5 Å². The molecule has 30 heavy (non-hydrogen) atoms. The third-order valence-corrected chi connectivity index (χ3v) is 5.85. The van der Waals surface area contributed by atoms with Crippen LogP contribution in [0.4, 0.5) is 5.13 Å². The van der Waals surface area contributed by atoms with Crippen LogP contribution in [-0.2, 0) is 11.8 Å². The van der Waals surface area contributed by atoms with E-state index in [1.165, 1.54) is 11.3 Å². The van der Waals surface area contributed by atoms with Crippen molar-refractivity contribution in [3.05, 3.63) is 36.2 Å². The Kier molecular flexibility index (Phi) is 7.65. The Balaban J connectivity index is 0.00000256. The summed E-state index contributed by atoms with van der Waals surface area (Å²) in [6, 6.07) is 7.57. The smallest absolute Gasteiger partial charge is 0.280 e. The lowest BCUT2D eigenvalue weighted by Crippen LogP contribution is -2.43. The fraction of sp³-hybridized carbons (Fsp3) is 0.450. The molecule has 1 aliphatic heterocycles. The van der Waals surface area contributed by atoms with Gasteiger partial charge in [-0.25, -0.2) is 4.98 Å². The molecule has 2 aromatic heterocycles. The molecule has 8 nitrogen and oxygen atoms in total. The molecule has 1 saturated heterocycles. The van der Waals surface area contributed by atoms with Crippen LogP contribution in [0.2, 0.25) is 0 Å². The second-order valence-electron chi connectivity index (χ2n) is 6.84. The lowest BCUT2D eigenvalue weighted by molar-refractivity contribution is 0.0391. The minimum Gasteiger partial charge on any atom is -0.494 e.